The second-order valence-electron chi connectivity index (χ2n) is 6.39. The predicted octanol–water partition coefficient (Wildman–Crippen LogP) is 3.98. The van der Waals surface area contributed by atoms with Crippen LogP contribution < -0.4 is 5.32 Å². The second kappa shape index (κ2) is 8.79. The molecule has 1 N–H and O–H groups in total. The molecule has 1 amide bonds. The third-order valence-electron chi connectivity index (χ3n) is 3.42. The lowest BCUT2D eigenvalue weighted by Crippen LogP contribution is -2.40. The summed E-state index contributed by atoms with van der Waals surface area (Å²) in [5, 5.41) is 3.52. The van der Waals surface area contributed by atoms with E-state index in [4.69, 9.17) is 4.74 Å². The summed E-state index contributed by atoms with van der Waals surface area (Å²) in [5.41, 5.74) is 0.832. The van der Waals surface area contributed by atoms with Crippen molar-refractivity contribution in [2.24, 2.45) is 0 Å². The molecule has 0 radical (unpaired) electrons. The Labute approximate surface area is 134 Å². The molecule has 0 aliphatic heterocycles. The van der Waals surface area contributed by atoms with Crippen molar-refractivity contribution in [3.8, 4) is 0 Å². The van der Waals surface area contributed by atoms with Gasteiger partial charge in [0.2, 0.25) is 0 Å². The highest BCUT2D eigenvalue weighted by Gasteiger charge is 2.21. The molecule has 0 saturated carbocycles. The summed E-state index contributed by atoms with van der Waals surface area (Å²) in [7, 11) is 0. The van der Waals surface area contributed by atoms with Crippen molar-refractivity contribution in [1.29, 1.82) is 0 Å². The molecule has 0 saturated heterocycles. The first-order valence-electron chi connectivity index (χ1n) is 8.13. The van der Waals surface area contributed by atoms with E-state index in [1.807, 2.05) is 33.8 Å². The van der Waals surface area contributed by atoms with Gasteiger partial charge in [-0.2, -0.15) is 0 Å². The molecule has 1 aromatic rings. The van der Waals surface area contributed by atoms with Crippen LogP contribution in [0.2, 0.25) is 0 Å². The minimum atomic E-state index is -0.450. The van der Waals surface area contributed by atoms with Crippen molar-refractivity contribution >= 4 is 6.09 Å². The van der Waals surface area contributed by atoms with E-state index in [2.05, 4.69) is 36.5 Å². The van der Waals surface area contributed by atoms with E-state index >= 15 is 0 Å². The highest BCUT2D eigenvalue weighted by molar-refractivity contribution is 5.68. The number of nitrogens with zero attached hydrogens (tertiary/aromatic N) is 1. The SMILES string of the molecule is CCC(NCCN(CC)C(=O)OC(C)(C)C)c1ccccc1. The number of carbonyl (C=O) groups excluding carboxylic acids is 1. The lowest BCUT2D eigenvalue weighted by atomic mass is 10.0. The highest BCUT2D eigenvalue weighted by Crippen LogP contribution is 2.15. The number of amides is 1. The average molecular weight is 306 g/mol. The zero-order chi connectivity index (χ0) is 16.6. The molecule has 0 aromatic heterocycles. The van der Waals surface area contributed by atoms with E-state index in [1.54, 1.807) is 4.90 Å². The molecular weight excluding hydrogens is 276 g/mol. The van der Waals surface area contributed by atoms with E-state index in [-0.39, 0.29) is 6.09 Å². The van der Waals surface area contributed by atoms with Gasteiger partial charge in [0, 0.05) is 25.7 Å². The molecular formula is C18H30N2O2. The molecule has 1 atom stereocenters. The normalized spacial score (nSPS) is 12.8. The zero-order valence-electron chi connectivity index (χ0n) is 14.6. The Bertz CT molecular complexity index is 440. The summed E-state index contributed by atoms with van der Waals surface area (Å²) >= 11 is 0. The molecule has 0 spiro atoms. The Morgan fingerprint density at radius 3 is 2.36 bits per heavy atom. The first kappa shape index (κ1) is 18.5. The topological polar surface area (TPSA) is 41.6 Å². The number of ether oxygens (including phenoxy) is 1. The van der Waals surface area contributed by atoms with E-state index in [0.29, 0.717) is 19.1 Å². The number of hydrogen-bond donors (Lipinski definition) is 1. The monoisotopic (exact) mass is 306 g/mol. The zero-order valence-corrected chi connectivity index (χ0v) is 14.6. The Kier molecular flexibility index (Phi) is 7.39. The maximum Gasteiger partial charge on any atom is 0.410 e. The smallest absolute Gasteiger partial charge is 0.410 e. The van der Waals surface area contributed by atoms with Crippen LogP contribution in [0.5, 0.6) is 0 Å². The minimum Gasteiger partial charge on any atom is -0.444 e. The maximum absolute atomic E-state index is 12.1. The van der Waals surface area contributed by atoms with E-state index in [1.165, 1.54) is 5.56 Å². The molecule has 22 heavy (non-hydrogen) atoms. The van der Waals surface area contributed by atoms with Gasteiger partial charge in [0.15, 0.2) is 0 Å². The first-order chi connectivity index (χ1) is 10.4. The number of carbonyl (C=O) groups is 1. The van der Waals surface area contributed by atoms with Crippen LogP contribution in [0, 0.1) is 0 Å². The summed E-state index contributed by atoms with van der Waals surface area (Å²) in [6, 6.07) is 10.7. The highest BCUT2D eigenvalue weighted by atomic mass is 16.6. The van der Waals surface area contributed by atoms with Gasteiger partial charge in [0.05, 0.1) is 0 Å². The fourth-order valence-electron chi connectivity index (χ4n) is 2.26. The second-order valence-corrected chi connectivity index (χ2v) is 6.39. The Hall–Kier alpha value is -1.55. The molecule has 4 heteroatoms. The first-order valence-corrected chi connectivity index (χ1v) is 8.13. The third kappa shape index (κ3) is 6.48. The molecule has 0 bridgehead atoms. The molecule has 1 rings (SSSR count). The number of hydrogen-bond acceptors (Lipinski definition) is 3. The Morgan fingerprint density at radius 1 is 1.23 bits per heavy atom. The summed E-state index contributed by atoms with van der Waals surface area (Å²) in [6.07, 6.45) is 0.771. The van der Waals surface area contributed by atoms with Crippen molar-refractivity contribution in [2.45, 2.75) is 52.7 Å². The number of nitrogens with one attached hydrogen (secondary N) is 1. The van der Waals surface area contributed by atoms with Gasteiger partial charge in [0.1, 0.15) is 5.60 Å². The fourth-order valence-corrected chi connectivity index (χ4v) is 2.26. The molecule has 124 valence electrons. The molecule has 1 unspecified atom stereocenters. The largest absolute Gasteiger partial charge is 0.444 e. The maximum atomic E-state index is 12.1. The van der Waals surface area contributed by atoms with Crippen LogP contribution in [0.3, 0.4) is 0 Å². The molecule has 0 aliphatic rings. The summed E-state index contributed by atoms with van der Waals surface area (Å²) in [6.45, 7) is 11.8. The van der Waals surface area contributed by atoms with Crippen LogP contribution in [0.25, 0.3) is 0 Å². The Balaban J connectivity index is 2.48. The van der Waals surface area contributed by atoms with Gasteiger partial charge in [-0.15, -0.1) is 0 Å². The van der Waals surface area contributed by atoms with Crippen LogP contribution in [0.15, 0.2) is 30.3 Å². The minimum absolute atomic E-state index is 0.246. The summed E-state index contributed by atoms with van der Waals surface area (Å²) < 4.78 is 5.42. The standard InChI is InChI=1S/C18H30N2O2/c1-6-16(15-11-9-8-10-12-15)19-13-14-20(7-2)17(21)22-18(3,4)5/h8-12,16,19H,6-7,13-14H2,1-5H3. The molecule has 4 nitrogen and oxygen atoms in total. The van der Waals surface area contributed by atoms with Gasteiger partial charge in [0.25, 0.3) is 0 Å². The fraction of sp³-hybridized carbons (Fsp3) is 0.611. The average Bonchev–Trinajstić information content (AvgIpc) is 2.46. The van der Waals surface area contributed by atoms with Crippen LogP contribution in [0.4, 0.5) is 4.79 Å². The number of rotatable bonds is 7. The summed E-state index contributed by atoms with van der Waals surface area (Å²) in [5.74, 6) is 0. The van der Waals surface area contributed by atoms with Crippen LogP contribution in [-0.4, -0.2) is 36.2 Å². The van der Waals surface area contributed by atoms with Crippen molar-refractivity contribution in [3.63, 3.8) is 0 Å². The molecule has 0 heterocycles. The van der Waals surface area contributed by atoms with Gasteiger partial charge < -0.3 is 15.0 Å². The number of benzene rings is 1. The number of likely N-dealkylation sites (N-methyl/N-ethyl adjacent to an activating group) is 1. The van der Waals surface area contributed by atoms with Crippen molar-refractivity contribution < 1.29 is 9.53 Å². The summed E-state index contributed by atoms with van der Waals surface area (Å²) in [4.78, 5) is 13.8. The molecule has 0 aliphatic carbocycles. The van der Waals surface area contributed by atoms with Crippen LogP contribution in [0.1, 0.15) is 52.6 Å². The predicted molar refractivity (Wildman–Crippen MR) is 91.0 cm³/mol. The van der Waals surface area contributed by atoms with E-state index < -0.39 is 5.60 Å². The lowest BCUT2D eigenvalue weighted by molar-refractivity contribution is 0.0261. The Morgan fingerprint density at radius 2 is 1.86 bits per heavy atom. The van der Waals surface area contributed by atoms with E-state index in [9.17, 15) is 4.79 Å². The van der Waals surface area contributed by atoms with Crippen LogP contribution in [-0.2, 0) is 4.74 Å². The third-order valence-corrected chi connectivity index (χ3v) is 3.42. The lowest BCUT2D eigenvalue weighted by Gasteiger charge is -2.27. The van der Waals surface area contributed by atoms with E-state index in [0.717, 1.165) is 13.0 Å². The van der Waals surface area contributed by atoms with Gasteiger partial charge in [-0.25, -0.2) is 4.79 Å². The van der Waals surface area contributed by atoms with Gasteiger partial charge in [-0.3, -0.25) is 0 Å². The van der Waals surface area contributed by atoms with Gasteiger partial charge in [-0.05, 0) is 39.7 Å². The molecule has 0 fully saturated rings. The van der Waals surface area contributed by atoms with Gasteiger partial charge in [-0.1, -0.05) is 37.3 Å². The van der Waals surface area contributed by atoms with Gasteiger partial charge >= 0.3 is 6.09 Å². The van der Waals surface area contributed by atoms with Crippen LogP contribution >= 0.6 is 0 Å². The molecule has 1 aromatic carbocycles. The van der Waals surface area contributed by atoms with Crippen molar-refractivity contribution in [2.75, 3.05) is 19.6 Å². The van der Waals surface area contributed by atoms with Crippen molar-refractivity contribution in [3.05, 3.63) is 35.9 Å². The quantitative estimate of drug-likeness (QED) is 0.828. The van der Waals surface area contributed by atoms with Crippen molar-refractivity contribution in [1.82, 2.24) is 10.2 Å².